The van der Waals surface area contributed by atoms with Crippen molar-refractivity contribution < 1.29 is 14.7 Å². The zero-order valence-electron chi connectivity index (χ0n) is 12.4. The van der Waals surface area contributed by atoms with Crippen LogP contribution in [0.3, 0.4) is 0 Å². The second-order valence-corrected chi connectivity index (χ2v) is 5.11. The van der Waals surface area contributed by atoms with Gasteiger partial charge in [-0.25, -0.2) is 0 Å². The van der Waals surface area contributed by atoms with Crippen LogP contribution in [0.4, 0.5) is 11.4 Å². The van der Waals surface area contributed by atoms with E-state index in [1.807, 2.05) is 18.2 Å². The number of nitrogens with one attached hydrogen (secondary N) is 3. The van der Waals surface area contributed by atoms with Gasteiger partial charge >= 0.3 is 0 Å². The number of hydrogen-bond donors (Lipinski definition) is 4. The molecule has 0 atom stereocenters. The van der Waals surface area contributed by atoms with Crippen molar-refractivity contribution in [3.8, 4) is 5.75 Å². The van der Waals surface area contributed by atoms with Crippen LogP contribution in [-0.2, 0) is 4.79 Å². The standard InChI is InChI=1S/C17H15N3O3/c1-10(21)19-11-5-6-16(22)13(9-11)17(23)20-15-4-2-3-14-12(15)7-8-18-14/h2-9,18,22H,1H3,(H,19,21)(H,20,23). The molecule has 4 N–H and O–H groups in total. The lowest BCUT2D eigenvalue weighted by molar-refractivity contribution is -0.114. The van der Waals surface area contributed by atoms with E-state index in [0.717, 1.165) is 10.9 Å². The lowest BCUT2D eigenvalue weighted by Crippen LogP contribution is -2.13. The number of fused-ring (bicyclic) bond motifs is 1. The number of amides is 2. The summed E-state index contributed by atoms with van der Waals surface area (Å²) in [6, 6.07) is 11.7. The van der Waals surface area contributed by atoms with E-state index < -0.39 is 5.91 Å². The molecule has 0 unspecified atom stereocenters. The summed E-state index contributed by atoms with van der Waals surface area (Å²) in [7, 11) is 0. The monoisotopic (exact) mass is 309 g/mol. The normalized spacial score (nSPS) is 10.5. The van der Waals surface area contributed by atoms with E-state index in [1.165, 1.54) is 25.1 Å². The van der Waals surface area contributed by atoms with Gasteiger partial charge in [-0.05, 0) is 36.4 Å². The number of phenols is 1. The lowest BCUT2D eigenvalue weighted by atomic mass is 10.1. The van der Waals surface area contributed by atoms with Crippen molar-refractivity contribution in [1.29, 1.82) is 0 Å². The van der Waals surface area contributed by atoms with E-state index >= 15 is 0 Å². The molecular weight excluding hydrogens is 294 g/mol. The Bertz CT molecular complexity index is 899. The minimum absolute atomic E-state index is 0.0868. The van der Waals surface area contributed by atoms with Crippen LogP contribution in [0.25, 0.3) is 10.9 Å². The second kappa shape index (κ2) is 5.84. The highest BCUT2D eigenvalue weighted by Gasteiger charge is 2.14. The fourth-order valence-corrected chi connectivity index (χ4v) is 2.38. The number of carbonyl (C=O) groups excluding carboxylic acids is 2. The van der Waals surface area contributed by atoms with Crippen LogP contribution in [0.2, 0.25) is 0 Å². The van der Waals surface area contributed by atoms with E-state index in [1.54, 1.807) is 12.3 Å². The molecule has 1 heterocycles. The number of aromatic amines is 1. The molecule has 6 nitrogen and oxygen atoms in total. The molecule has 0 saturated carbocycles. The minimum atomic E-state index is -0.455. The van der Waals surface area contributed by atoms with Crippen LogP contribution >= 0.6 is 0 Å². The van der Waals surface area contributed by atoms with Gasteiger partial charge in [-0.1, -0.05) is 6.07 Å². The van der Waals surface area contributed by atoms with E-state index in [-0.39, 0.29) is 17.2 Å². The zero-order chi connectivity index (χ0) is 16.4. The first-order valence-corrected chi connectivity index (χ1v) is 7.02. The Hall–Kier alpha value is -3.28. The Morgan fingerprint density at radius 1 is 1.09 bits per heavy atom. The maximum Gasteiger partial charge on any atom is 0.259 e. The van der Waals surface area contributed by atoms with Crippen LogP contribution in [0.1, 0.15) is 17.3 Å². The van der Waals surface area contributed by atoms with Crippen molar-refractivity contribution in [2.75, 3.05) is 10.6 Å². The van der Waals surface area contributed by atoms with Crippen LogP contribution in [0, 0.1) is 0 Å². The van der Waals surface area contributed by atoms with E-state index in [4.69, 9.17) is 0 Å². The molecule has 6 heteroatoms. The van der Waals surface area contributed by atoms with E-state index in [9.17, 15) is 14.7 Å². The summed E-state index contributed by atoms with van der Waals surface area (Å²) in [6.45, 7) is 1.37. The lowest BCUT2D eigenvalue weighted by Gasteiger charge is -2.10. The largest absolute Gasteiger partial charge is 0.507 e. The highest BCUT2D eigenvalue weighted by Crippen LogP contribution is 2.26. The van der Waals surface area contributed by atoms with Crippen molar-refractivity contribution in [2.24, 2.45) is 0 Å². The van der Waals surface area contributed by atoms with Crippen molar-refractivity contribution in [1.82, 2.24) is 4.98 Å². The molecule has 1 aromatic heterocycles. The van der Waals surface area contributed by atoms with Crippen molar-refractivity contribution in [3.05, 3.63) is 54.2 Å². The molecule has 3 aromatic rings. The first-order chi connectivity index (χ1) is 11.0. The summed E-state index contributed by atoms with van der Waals surface area (Å²) in [6.07, 6.45) is 1.79. The summed E-state index contributed by atoms with van der Waals surface area (Å²) >= 11 is 0. The van der Waals surface area contributed by atoms with Crippen LogP contribution in [0.5, 0.6) is 5.75 Å². The fraction of sp³-hybridized carbons (Fsp3) is 0.0588. The highest BCUT2D eigenvalue weighted by molar-refractivity contribution is 6.10. The Balaban J connectivity index is 1.91. The Kier molecular flexibility index (Phi) is 3.72. The summed E-state index contributed by atoms with van der Waals surface area (Å²) in [5.41, 5.74) is 2.07. The van der Waals surface area contributed by atoms with Crippen molar-refractivity contribution in [3.63, 3.8) is 0 Å². The maximum atomic E-state index is 12.4. The third-order valence-electron chi connectivity index (χ3n) is 3.40. The number of rotatable bonds is 3. The van der Waals surface area contributed by atoms with Crippen LogP contribution in [-0.4, -0.2) is 21.9 Å². The predicted molar refractivity (Wildman–Crippen MR) is 88.7 cm³/mol. The minimum Gasteiger partial charge on any atom is -0.507 e. The molecule has 0 aliphatic rings. The molecule has 23 heavy (non-hydrogen) atoms. The maximum absolute atomic E-state index is 12.4. The molecule has 2 amide bonds. The smallest absolute Gasteiger partial charge is 0.259 e. The summed E-state index contributed by atoms with van der Waals surface area (Å²) in [5, 5.41) is 16.1. The third kappa shape index (κ3) is 3.01. The number of H-pyrrole nitrogens is 1. The van der Waals surface area contributed by atoms with Gasteiger partial charge in [0.1, 0.15) is 5.75 Å². The number of benzene rings is 2. The number of carbonyl (C=O) groups is 2. The second-order valence-electron chi connectivity index (χ2n) is 5.11. The molecule has 3 rings (SSSR count). The first-order valence-electron chi connectivity index (χ1n) is 7.02. The molecular formula is C17H15N3O3. The van der Waals surface area contributed by atoms with Gasteiger partial charge in [0.05, 0.1) is 11.3 Å². The molecule has 0 radical (unpaired) electrons. The summed E-state index contributed by atoms with van der Waals surface area (Å²) in [4.78, 5) is 26.6. The highest BCUT2D eigenvalue weighted by atomic mass is 16.3. The van der Waals surface area contributed by atoms with Gasteiger partial charge in [0, 0.05) is 29.7 Å². The molecule has 0 aliphatic carbocycles. The molecule has 0 bridgehead atoms. The molecule has 0 spiro atoms. The molecule has 0 fully saturated rings. The molecule has 0 saturated heterocycles. The van der Waals surface area contributed by atoms with Crippen molar-refractivity contribution in [2.45, 2.75) is 6.92 Å². The SMILES string of the molecule is CC(=O)Nc1ccc(O)c(C(=O)Nc2cccc3[nH]ccc23)c1. The van der Waals surface area contributed by atoms with Gasteiger partial charge in [0.15, 0.2) is 0 Å². The fourth-order valence-electron chi connectivity index (χ4n) is 2.38. The van der Waals surface area contributed by atoms with Crippen LogP contribution < -0.4 is 10.6 Å². The van der Waals surface area contributed by atoms with Gasteiger partial charge in [0.2, 0.25) is 5.91 Å². The van der Waals surface area contributed by atoms with Gasteiger partial charge in [-0.3, -0.25) is 9.59 Å². The topological polar surface area (TPSA) is 94.2 Å². The molecule has 0 aliphatic heterocycles. The number of anilines is 2. The molecule has 2 aromatic carbocycles. The van der Waals surface area contributed by atoms with Gasteiger partial charge in [0.25, 0.3) is 5.91 Å². The Morgan fingerprint density at radius 2 is 1.91 bits per heavy atom. The number of aromatic nitrogens is 1. The van der Waals surface area contributed by atoms with E-state index in [2.05, 4.69) is 15.6 Å². The van der Waals surface area contributed by atoms with Gasteiger partial charge in [-0.15, -0.1) is 0 Å². The average Bonchev–Trinajstić information content (AvgIpc) is 2.98. The summed E-state index contributed by atoms with van der Waals surface area (Å²) in [5.74, 6) is -0.861. The Labute approximate surface area is 132 Å². The quantitative estimate of drug-likeness (QED) is 0.560. The zero-order valence-corrected chi connectivity index (χ0v) is 12.4. The van der Waals surface area contributed by atoms with Crippen LogP contribution in [0.15, 0.2) is 48.7 Å². The van der Waals surface area contributed by atoms with E-state index in [0.29, 0.717) is 11.4 Å². The number of hydrogen-bond acceptors (Lipinski definition) is 3. The average molecular weight is 309 g/mol. The van der Waals surface area contributed by atoms with Crippen molar-refractivity contribution >= 4 is 34.1 Å². The third-order valence-corrected chi connectivity index (χ3v) is 3.40. The number of aromatic hydroxyl groups is 1. The predicted octanol–water partition coefficient (Wildman–Crippen LogP) is 3.08. The summed E-state index contributed by atoms with van der Waals surface area (Å²) < 4.78 is 0. The molecule has 116 valence electrons. The van der Waals surface area contributed by atoms with Gasteiger partial charge in [-0.2, -0.15) is 0 Å². The first kappa shape index (κ1) is 14.6. The number of phenolic OH excluding ortho intramolecular Hbond substituents is 1. The Morgan fingerprint density at radius 3 is 2.70 bits per heavy atom. The van der Waals surface area contributed by atoms with Gasteiger partial charge < -0.3 is 20.7 Å².